The van der Waals surface area contributed by atoms with Crippen molar-refractivity contribution in [3.05, 3.63) is 18.2 Å². The largest absolute Gasteiger partial charge is 0.495 e. The third kappa shape index (κ3) is 4.08. The smallest absolute Gasteiger partial charge is 0.241 e. The molecule has 0 saturated carbocycles. The lowest BCUT2D eigenvalue weighted by Crippen LogP contribution is -2.45. The first-order valence-corrected chi connectivity index (χ1v) is 7.92. The number of nitrogens with one attached hydrogen (secondary N) is 1. The fourth-order valence-corrected chi connectivity index (χ4v) is 2.91. The number of sulfonamides is 1. The summed E-state index contributed by atoms with van der Waals surface area (Å²) in [6, 6.07) is 3.26. The molecule has 0 fully saturated rings. The molecule has 1 aromatic carbocycles. The van der Waals surface area contributed by atoms with Crippen molar-refractivity contribution in [2.45, 2.75) is 24.8 Å². The van der Waals surface area contributed by atoms with Gasteiger partial charge in [0, 0.05) is 19.7 Å². The summed E-state index contributed by atoms with van der Waals surface area (Å²) in [5.41, 5.74) is 5.99. The number of nitrogen functional groups attached to an aromatic ring is 1. The van der Waals surface area contributed by atoms with Crippen LogP contribution >= 0.6 is 0 Å². The van der Waals surface area contributed by atoms with Gasteiger partial charge >= 0.3 is 0 Å². The summed E-state index contributed by atoms with van der Waals surface area (Å²) in [7, 11) is -0.818. The maximum Gasteiger partial charge on any atom is 0.241 e. The number of carbonyl (C=O) groups excluding carboxylic acids is 1. The second kappa shape index (κ2) is 6.77. The van der Waals surface area contributed by atoms with Crippen molar-refractivity contribution in [1.29, 1.82) is 0 Å². The van der Waals surface area contributed by atoms with Gasteiger partial charge in [0.2, 0.25) is 15.9 Å². The van der Waals surface area contributed by atoms with Crippen LogP contribution in [0.2, 0.25) is 0 Å². The Bertz CT molecular complexity index is 616. The van der Waals surface area contributed by atoms with Crippen LogP contribution in [-0.2, 0) is 14.8 Å². The Morgan fingerprint density at radius 3 is 2.62 bits per heavy atom. The van der Waals surface area contributed by atoms with E-state index >= 15 is 0 Å². The van der Waals surface area contributed by atoms with E-state index in [1.165, 1.54) is 37.1 Å². The molecule has 1 rings (SSSR count). The van der Waals surface area contributed by atoms with E-state index in [9.17, 15) is 13.2 Å². The van der Waals surface area contributed by atoms with Gasteiger partial charge in [0.1, 0.15) is 5.75 Å². The molecular weight excluding hydrogens is 294 g/mol. The Labute approximate surface area is 125 Å². The molecule has 8 heteroatoms. The standard InChI is InChI=1S/C13H21N3O4S/c1-5-16(3)13(17)9(2)15-21(18,19)10-6-7-11(14)12(8-10)20-4/h6-9,15H,5,14H2,1-4H3. The quantitative estimate of drug-likeness (QED) is 0.741. The lowest BCUT2D eigenvalue weighted by atomic mass is 10.3. The number of nitrogens with two attached hydrogens (primary N) is 1. The van der Waals surface area contributed by atoms with Gasteiger partial charge in [0.15, 0.2) is 0 Å². The van der Waals surface area contributed by atoms with Gasteiger partial charge in [-0.1, -0.05) is 0 Å². The van der Waals surface area contributed by atoms with Crippen LogP contribution < -0.4 is 15.2 Å². The number of hydrogen-bond donors (Lipinski definition) is 2. The van der Waals surface area contributed by atoms with Crippen LogP contribution in [0.15, 0.2) is 23.1 Å². The minimum atomic E-state index is -3.83. The van der Waals surface area contributed by atoms with Gasteiger partial charge in [-0.15, -0.1) is 0 Å². The SMILES string of the molecule is CCN(C)C(=O)C(C)NS(=O)(=O)c1ccc(N)c(OC)c1. The molecule has 0 spiro atoms. The zero-order chi connectivity index (χ0) is 16.2. The molecule has 21 heavy (non-hydrogen) atoms. The molecule has 1 aromatic rings. The molecule has 1 amide bonds. The van der Waals surface area contributed by atoms with Crippen molar-refractivity contribution in [2.75, 3.05) is 26.4 Å². The molecule has 0 aliphatic rings. The van der Waals surface area contributed by atoms with Crippen LogP contribution in [0.1, 0.15) is 13.8 Å². The Morgan fingerprint density at radius 1 is 1.48 bits per heavy atom. The topological polar surface area (TPSA) is 102 Å². The van der Waals surface area contributed by atoms with Gasteiger partial charge in [-0.2, -0.15) is 4.72 Å². The minimum Gasteiger partial charge on any atom is -0.495 e. The summed E-state index contributed by atoms with van der Waals surface area (Å²) >= 11 is 0. The van der Waals surface area contributed by atoms with Gasteiger partial charge in [0.25, 0.3) is 0 Å². The van der Waals surface area contributed by atoms with E-state index in [1.54, 1.807) is 7.05 Å². The average molecular weight is 315 g/mol. The second-order valence-electron chi connectivity index (χ2n) is 4.60. The van der Waals surface area contributed by atoms with E-state index < -0.39 is 16.1 Å². The molecule has 0 bridgehead atoms. The summed E-state index contributed by atoms with van der Waals surface area (Å²) in [5, 5.41) is 0. The Balaban J connectivity index is 2.99. The lowest BCUT2D eigenvalue weighted by molar-refractivity contribution is -0.131. The molecule has 0 saturated heterocycles. The van der Waals surface area contributed by atoms with Crippen molar-refractivity contribution in [2.24, 2.45) is 0 Å². The van der Waals surface area contributed by atoms with Crippen LogP contribution in [0, 0.1) is 0 Å². The molecule has 1 unspecified atom stereocenters. The van der Waals surface area contributed by atoms with Crippen LogP contribution in [0.25, 0.3) is 0 Å². The number of anilines is 1. The highest BCUT2D eigenvalue weighted by Crippen LogP contribution is 2.24. The summed E-state index contributed by atoms with van der Waals surface area (Å²) in [6.45, 7) is 3.81. The van der Waals surface area contributed by atoms with Crippen molar-refractivity contribution in [1.82, 2.24) is 9.62 Å². The van der Waals surface area contributed by atoms with E-state index in [4.69, 9.17) is 10.5 Å². The Morgan fingerprint density at radius 2 is 2.10 bits per heavy atom. The van der Waals surface area contributed by atoms with Gasteiger partial charge in [0.05, 0.1) is 23.7 Å². The van der Waals surface area contributed by atoms with Crippen molar-refractivity contribution >= 4 is 21.6 Å². The van der Waals surface area contributed by atoms with Gasteiger partial charge in [-0.25, -0.2) is 8.42 Å². The zero-order valence-electron chi connectivity index (χ0n) is 12.6. The number of methoxy groups -OCH3 is 1. The van der Waals surface area contributed by atoms with Crippen LogP contribution in [0.5, 0.6) is 5.75 Å². The third-order valence-corrected chi connectivity index (χ3v) is 4.61. The van der Waals surface area contributed by atoms with Gasteiger partial charge in [-0.3, -0.25) is 4.79 Å². The molecule has 0 aromatic heterocycles. The lowest BCUT2D eigenvalue weighted by Gasteiger charge is -2.20. The van der Waals surface area contributed by atoms with E-state index in [0.29, 0.717) is 12.2 Å². The molecule has 7 nitrogen and oxygen atoms in total. The molecule has 0 heterocycles. The molecule has 0 aliphatic heterocycles. The predicted octanol–water partition coefficient (Wildman–Crippen LogP) is 0.423. The van der Waals surface area contributed by atoms with Crippen molar-refractivity contribution < 1.29 is 17.9 Å². The summed E-state index contributed by atoms with van der Waals surface area (Å²) < 4.78 is 31.9. The number of nitrogens with zero attached hydrogens (tertiary/aromatic N) is 1. The van der Waals surface area contributed by atoms with E-state index in [0.717, 1.165) is 0 Å². The predicted molar refractivity (Wildman–Crippen MR) is 80.5 cm³/mol. The highest BCUT2D eigenvalue weighted by atomic mass is 32.2. The summed E-state index contributed by atoms with van der Waals surface area (Å²) in [4.78, 5) is 13.3. The summed E-state index contributed by atoms with van der Waals surface area (Å²) in [6.07, 6.45) is 0. The molecule has 1 atom stereocenters. The summed E-state index contributed by atoms with van der Waals surface area (Å²) in [5.74, 6) is -0.0361. The number of amides is 1. The van der Waals surface area contributed by atoms with Crippen molar-refractivity contribution in [3.8, 4) is 5.75 Å². The fourth-order valence-electron chi connectivity index (χ4n) is 1.70. The van der Waals surface area contributed by atoms with E-state index in [1.807, 2.05) is 6.92 Å². The number of hydrogen-bond acceptors (Lipinski definition) is 5. The maximum absolute atomic E-state index is 12.3. The first kappa shape index (κ1) is 17.3. The maximum atomic E-state index is 12.3. The van der Waals surface area contributed by atoms with Crippen LogP contribution in [0.3, 0.4) is 0 Å². The number of likely N-dealkylation sites (N-methyl/N-ethyl adjacent to an activating group) is 1. The first-order chi connectivity index (χ1) is 9.72. The second-order valence-corrected chi connectivity index (χ2v) is 6.31. The van der Waals surface area contributed by atoms with Crippen LogP contribution in [0.4, 0.5) is 5.69 Å². The zero-order valence-corrected chi connectivity index (χ0v) is 13.4. The molecule has 0 aliphatic carbocycles. The number of carbonyl (C=O) groups is 1. The minimum absolute atomic E-state index is 0.00708. The molecule has 0 radical (unpaired) electrons. The number of ether oxygens (including phenoxy) is 1. The van der Waals surface area contributed by atoms with Crippen LogP contribution in [-0.4, -0.2) is 46.0 Å². The third-order valence-electron chi connectivity index (χ3n) is 3.07. The van der Waals surface area contributed by atoms with Gasteiger partial charge in [-0.05, 0) is 26.0 Å². The normalized spacial score (nSPS) is 12.8. The highest BCUT2D eigenvalue weighted by molar-refractivity contribution is 7.89. The highest BCUT2D eigenvalue weighted by Gasteiger charge is 2.24. The first-order valence-electron chi connectivity index (χ1n) is 6.43. The van der Waals surface area contributed by atoms with Gasteiger partial charge < -0.3 is 15.4 Å². The van der Waals surface area contributed by atoms with E-state index in [-0.39, 0.29) is 16.6 Å². The monoisotopic (exact) mass is 315 g/mol. The fraction of sp³-hybridized carbons (Fsp3) is 0.462. The molecular formula is C13H21N3O4S. The number of benzene rings is 1. The average Bonchev–Trinajstić information content (AvgIpc) is 2.45. The number of rotatable bonds is 6. The molecule has 118 valence electrons. The van der Waals surface area contributed by atoms with Crippen molar-refractivity contribution in [3.63, 3.8) is 0 Å². The molecule has 3 N–H and O–H groups in total. The van der Waals surface area contributed by atoms with E-state index in [2.05, 4.69) is 4.72 Å². The Hall–Kier alpha value is -1.80. The Kier molecular flexibility index (Phi) is 5.56.